The Balaban J connectivity index is 1.73. The van der Waals surface area contributed by atoms with E-state index in [1.165, 1.54) is 4.68 Å². The highest BCUT2D eigenvalue weighted by Crippen LogP contribution is 2.11. The summed E-state index contributed by atoms with van der Waals surface area (Å²) in [5, 5.41) is 11.3. The first-order chi connectivity index (χ1) is 11.1. The Morgan fingerprint density at radius 3 is 2.26 bits per heavy atom. The van der Waals surface area contributed by atoms with E-state index in [0.717, 1.165) is 11.3 Å². The Morgan fingerprint density at radius 2 is 1.57 bits per heavy atom. The van der Waals surface area contributed by atoms with Crippen molar-refractivity contribution >= 4 is 9.84 Å². The zero-order valence-corrected chi connectivity index (χ0v) is 13.2. The molecule has 0 saturated heterocycles. The van der Waals surface area contributed by atoms with Crippen molar-refractivity contribution in [1.82, 2.24) is 20.2 Å². The standard InChI is InChI=1S/C16H16N4O2S/c21-23(22,12-11-14-7-3-1-4-8-14)13-16-17-18-19-20(16)15-9-5-2-6-10-15/h1-10H,11-13H2. The van der Waals surface area contributed by atoms with Crippen molar-refractivity contribution in [2.45, 2.75) is 12.2 Å². The van der Waals surface area contributed by atoms with E-state index in [-0.39, 0.29) is 11.5 Å². The van der Waals surface area contributed by atoms with Crippen molar-refractivity contribution in [2.24, 2.45) is 0 Å². The molecule has 3 rings (SSSR count). The molecule has 118 valence electrons. The highest BCUT2D eigenvalue weighted by atomic mass is 32.2. The number of hydrogen-bond donors (Lipinski definition) is 0. The van der Waals surface area contributed by atoms with Gasteiger partial charge < -0.3 is 0 Å². The van der Waals surface area contributed by atoms with Gasteiger partial charge in [-0.2, -0.15) is 4.68 Å². The lowest BCUT2D eigenvalue weighted by Gasteiger charge is -2.06. The van der Waals surface area contributed by atoms with Gasteiger partial charge in [0.05, 0.1) is 11.4 Å². The van der Waals surface area contributed by atoms with E-state index in [1.807, 2.05) is 60.7 Å². The van der Waals surface area contributed by atoms with Crippen LogP contribution in [0.3, 0.4) is 0 Å². The monoisotopic (exact) mass is 328 g/mol. The second kappa shape index (κ2) is 6.70. The molecule has 0 radical (unpaired) electrons. The van der Waals surface area contributed by atoms with Gasteiger partial charge in [-0.05, 0) is 34.5 Å². The largest absolute Gasteiger partial charge is 0.228 e. The SMILES string of the molecule is O=S(=O)(CCc1ccccc1)Cc1nnnn1-c1ccccc1. The summed E-state index contributed by atoms with van der Waals surface area (Å²) in [7, 11) is -3.30. The van der Waals surface area contributed by atoms with Crippen LogP contribution in [0.15, 0.2) is 60.7 Å². The predicted molar refractivity (Wildman–Crippen MR) is 86.8 cm³/mol. The van der Waals surface area contributed by atoms with Crippen LogP contribution in [0.5, 0.6) is 0 Å². The molecule has 7 heteroatoms. The number of nitrogens with zero attached hydrogens (tertiary/aromatic N) is 4. The predicted octanol–water partition coefficient (Wildman–Crippen LogP) is 1.82. The van der Waals surface area contributed by atoms with Gasteiger partial charge in [0.15, 0.2) is 15.7 Å². The van der Waals surface area contributed by atoms with E-state index in [9.17, 15) is 8.42 Å². The molecule has 0 saturated carbocycles. The van der Waals surface area contributed by atoms with Gasteiger partial charge in [-0.3, -0.25) is 0 Å². The van der Waals surface area contributed by atoms with Crippen LogP contribution in [0.1, 0.15) is 11.4 Å². The first-order valence-corrected chi connectivity index (χ1v) is 9.03. The van der Waals surface area contributed by atoms with Gasteiger partial charge in [-0.15, -0.1) is 5.10 Å². The maximum absolute atomic E-state index is 12.3. The van der Waals surface area contributed by atoms with Crippen molar-refractivity contribution in [3.63, 3.8) is 0 Å². The van der Waals surface area contributed by atoms with E-state index < -0.39 is 9.84 Å². The van der Waals surface area contributed by atoms with Gasteiger partial charge in [0.1, 0.15) is 5.75 Å². The van der Waals surface area contributed by atoms with Crippen molar-refractivity contribution in [2.75, 3.05) is 5.75 Å². The van der Waals surface area contributed by atoms with Crippen LogP contribution >= 0.6 is 0 Å². The van der Waals surface area contributed by atoms with E-state index >= 15 is 0 Å². The third-order valence-electron chi connectivity index (χ3n) is 3.43. The minimum atomic E-state index is -3.30. The fourth-order valence-electron chi connectivity index (χ4n) is 2.25. The highest BCUT2D eigenvalue weighted by Gasteiger charge is 2.18. The van der Waals surface area contributed by atoms with Crippen LogP contribution in [-0.4, -0.2) is 34.4 Å². The molecule has 0 bridgehead atoms. The second-order valence-corrected chi connectivity index (χ2v) is 7.35. The molecular weight excluding hydrogens is 312 g/mol. The van der Waals surface area contributed by atoms with E-state index in [4.69, 9.17) is 0 Å². The average molecular weight is 328 g/mol. The van der Waals surface area contributed by atoms with Crippen LogP contribution in [0.2, 0.25) is 0 Å². The number of benzene rings is 2. The van der Waals surface area contributed by atoms with E-state index in [0.29, 0.717) is 12.2 Å². The summed E-state index contributed by atoms with van der Waals surface area (Å²) in [6, 6.07) is 18.8. The van der Waals surface area contributed by atoms with Crippen LogP contribution in [0.4, 0.5) is 0 Å². The molecule has 0 N–H and O–H groups in total. The molecule has 1 aromatic heterocycles. The first kappa shape index (κ1) is 15.4. The molecule has 2 aromatic carbocycles. The summed E-state index contributed by atoms with van der Waals surface area (Å²) in [6.45, 7) is 0. The summed E-state index contributed by atoms with van der Waals surface area (Å²) in [4.78, 5) is 0. The topological polar surface area (TPSA) is 77.7 Å². The van der Waals surface area contributed by atoms with Crippen molar-refractivity contribution in [3.8, 4) is 5.69 Å². The fourth-order valence-corrected chi connectivity index (χ4v) is 3.52. The van der Waals surface area contributed by atoms with E-state index in [1.54, 1.807) is 0 Å². The van der Waals surface area contributed by atoms with Gasteiger partial charge in [-0.25, -0.2) is 8.42 Å². The molecule has 23 heavy (non-hydrogen) atoms. The molecule has 0 aliphatic heterocycles. The number of tetrazole rings is 1. The van der Waals surface area contributed by atoms with Crippen LogP contribution in [-0.2, 0) is 22.0 Å². The molecule has 0 atom stereocenters. The Hall–Kier alpha value is -2.54. The highest BCUT2D eigenvalue weighted by molar-refractivity contribution is 7.90. The number of rotatable bonds is 6. The third-order valence-corrected chi connectivity index (χ3v) is 4.95. The normalized spacial score (nSPS) is 11.5. The number of aryl methyl sites for hydroxylation is 1. The number of aromatic nitrogens is 4. The molecule has 0 amide bonds. The minimum Gasteiger partial charge on any atom is -0.228 e. The van der Waals surface area contributed by atoms with Gasteiger partial charge in [0.2, 0.25) is 0 Å². The van der Waals surface area contributed by atoms with Crippen molar-refractivity contribution in [3.05, 3.63) is 72.1 Å². The van der Waals surface area contributed by atoms with Crippen molar-refractivity contribution in [1.29, 1.82) is 0 Å². The maximum Gasteiger partial charge on any atom is 0.171 e. The lowest BCUT2D eigenvalue weighted by Crippen LogP contribution is -2.15. The number of sulfone groups is 1. The lowest BCUT2D eigenvalue weighted by molar-refractivity contribution is 0.592. The molecule has 0 fully saturated rings. The molecule has 0 aliphatic carbocycles. The van der Waals surface area contributed by atoms with Crippen LogP contribution in [0.25, 0.3) is 5.69 Å². The smallest absolute Gasteiger partial charge is 0.171 e. The van der Waals surface area contributed by atoms with E-state index in [2.05, 4.69) is 15.5 Å². The molecule has 1 heterocycles. The molecule has 0 aliphatic rings. The molecular formula is C16H16N4O2S. The Morgan fingerprint density at radius 1 is 0.913 bits per heavy atom. The summed E-state index contributed by atoms with van der Waals surface area (Å²) < 4.78 is 26.2. The molecule has 6 nitrogen and oxygen atoms in total. The van der Waals surface area contributed by atoms with Gasteiger partial charge in [0, 0.05) is 0 Å². The maximum atomic E-state index is 12.3. The molecule has 0 unspecified atom stereocenters. The second-order valence-electron chi connectivity index (χ2n) is 5.17. The lowest BCUT2D eigenvalue weighted by atomic mass is 10.2. The summed E-state index contributed by atoms with van der Waals surface area (Å²) in [5.74, 6) is 0.213. The average Bonchev–Trinajstić information content (AvgIpc) is 3.02. The number of para-hydroxylation sites is 1. The number of hydrogen-bond acceptors (Lipinski definition) is 5. The zero-order chi connectivity index (χ0) is 16.1. The third kappa shape index (κ3) is 4.01. The zero-order valence-electron chi connectivity index (χ0n) is 12.4. The Labute approximate surface area is 134 Å². The minimum absolute atomic E-state index is 0.0681. The summed E-state index contributed by atoms with van der Waals surface area (Å²) in [5.41, 5.74) is 1.74. The Kier molecular flexibility index (Phi) is 4.47. The summed E-state index contributed by atoms with van der Waals surface area (Å²) >= 11 is 0. The fraction of sp³-hybridized carbons (Fsp3) is 0.188. The van der Waals surface area contributed by atoms with Gasteiger partial charge in [0.25, 0.3) is 0 Å². The molecule has 0 spiro atoms. The van der Waals surface area contributed by atoms with Crippen molar-refractivity contribution < 1.29 is 8.42 Å². The quantitative estimate of drug-likeness (QED) is 0.690. The van der Waals surface area contributed by atoms with Gasteiger partial charge >= 0.3 is 0 Å². The first-order valence-electron chi connectivity index (χ1n) is 7.21. The Bertz CT molecular complexity index is 861. The van der Waals surface area contributed by atoms with Gasteiger partial charge in [-0.1, -0.05) is 48.5 Å². The van der Waals surface area contributed by atoms with Crippen LogP contribution < -0.4 is 0 Å². The summed E-state index contributed by atoms with van der Waals surface area (Å²) in [6.07, 6.45) is 0.482. The van der Waals surface area contributed by atoms with Crippen LogP contribution in [0, 0.1) is 0 Å². The molecule has 3 aromatic rings.